The van der Waals surface area contributed by atoms with Crippen LogP contribution in [0.25, 0.3) is 11.3 Å². The number of hydrogen-bond donors (Lipinski definition) is 1. The summed E-state index contributed by atoms with van der Waals surface area (Å²) in [4.78, 5) is 39.6. The lowest BCUT2D eigenvalue weighted by molar-refractivity contribution is -0.121. The molecule has 7 nitrogen and oxygen atoms in total. The van der Waals surface area contributed by atoms with E-state index in [1.807, 2.05) is 54.6 Å². The standard InChI is InChI=1S/C23H22N4O3/c1-15(22(29)26-13-12-18-10-6-7-11-21(18)26)27-23(30)20(24-16(2)28)14-19(25-27)17-8-4-3-5-9-17/h3-11,14-15H,12-13H2,1-2H3,(H,24,28)/t15-/m0/s1. The van der Waals surface area contributed by atoms with Gasteiger partial charge in [0, 0.05) is 24.7 Å². The summed E-state index contributed by atoms with van der Waals surface area (Å²) in [6.45, 7) is 3.56. The van der Waals surface area contributed by atoms with Crippen molar-refractivity contribution in [2.24, 2.45) is 0 Å². The summed E-state index contributed by atoms with van der Waals surface area (Å²) in [6, 6.07) is 17.8. The molecule has 0 fully saturated rings. The van der Waals surface area contributed by atoms with Crippen LogP contribution < -0.4 is 15.8 Å². The van der Waals surface area contributed by atoms with Crippen molar-refractivity contribution in [3.8, 4) is 11.3 Å². The first-order valence-electron chi connectivity index (χ1n) is 9.82. The molecule has 1 atom stereocenters. The van der Waals surface area contributed by atoms with E-state index in [0.29, 0.717) is 12.2 Å². The van der Waals surface area contributed by atoms with E-state index < -0.39 is 11.6 Å². The van der Waals surface area contributed by atoms with E-state index in [0.717, 1.165) is 27.9 Å². The van der Waals surface area contributed by atoms with Crippen LogP contribution in [0.4, 0.5) is 11.4 Å². The number of para-hydroxylation sites is 1. The number of anilines is 2. The summed E-state index contributed by atoms with van der Waals surface area (Å²) < 4.78 is 1.16. The van der Waals surface area contributed by atoms with Crippen molar-refractivity contribution >= 4 is 23.2 Å². The van der Waals surface area contributed by atoms with Crippen LogP contribution in [0.5, 0.6) is 0 Å². The van der Waals surface area contributed by atoms with Gasteiger partial charge < -0.3 is 10.2 Å². The van der Waals surface area contributed by atoms with Gasteiger partial charge in [0.25, 0.3) is 11.5 Å². The molecular weight excluding hydrogens is 380 g/mol. The van der Waals surface area contributed by atoms with Crippen molar-refractivity contribution in [1.29, 1.82) is 0 Å². The monoisotopic (exact) mass is 402 g/mol. The van der Waals surface area contributed by atoms with Crippen molar-refractivity contribution in [3.63, 3.8) is 0 Å². The molecule has 4 rings (SSSR count). The van der Waals surface area contributed by atoms with Gasteiger partial charge in [-0.3, -0.25) is 14.4 Å². The quantitative estimate of drug-likeness (QED) is 0.727. The zero-order chi connectivity index (χ0) is 21.3. The summed E-state index contributed by atoms with van der Waals surface area (Å²) >= 11 is 0. The fourth-order valence-corrected chi connectivity index (χ4v) is 3.70. The number of rotatable bonds is 4. The minimum absolute atomic E-state index is 0.0952. The molecule has 30 heavy (non-hydrogen) atoms. The molecule has 7 heteroatoms. The van der Waals surface area contributed by atoms with E-state index in [1.54, 1.807) is 11.8 Å². The van der Waals surface area contributed by atoms with Gasteiger partial charge in [-0.05, 0) is 31.0 Å². The van der Waals surface area contributed by atoms with Crippen molar-refractivity contribution < 1.29 is 9.59 Å². The molecule has 0 aliphatic carbocycles. The summed E-state index contributed by atoms with van der Waals surface area (Å²) in [5, 5.41) is 7.03. The molecule has 0 unspecified atom stereocenters. The van der Waals surface area contributed by atoms with E-state index in [4.69, 9.17) is 0 Å². The Labute approximate surface area is 174 Å². The fraction of sp³-hybridized carbons (Fsp3) is 0.217. The Balaban J connectivity index is 1.76. The maximum absolute atomic E-state index is 13.3. The first kappa shape index (κ1) is 19.6. The van der Waals surface area contributed by atoms with Crippen molar-refractivity contribution in [1.82, 2.24) is 9.78 Å². The summed E-state index contributed by atoms with van der Waals surface area (Å²) in [5.41, 5.74) is 2.83. The minimum Gasteiger partial charge on any atom is -0.322 e. The summed E-state index contributed by atoms with van der Waals surface area (Å²) in [7, 11) is 0. The van der Waals surface area contributed by atoms with Gasteiger partial charge in [-0.25, -0.2) is 4.68 Å². The highest BCUT2D eigenvalue weighted by atomic mass is 16.2. The molecule has 1 aliphatic rings. The van der Waals surface area contributed by atoms with Gasteiger partial charge in [-0.15, -0.1) is 0 Å². The Morgan fingerprint density at radius 2 is 1.77 bits per heavy atom. The second kappa shape index (κ2) is 7.94. The van der Waals surface area contributed by atoms with E-state index >= 15 is 0 Å². The fourth-order valence-electron chi connectivity index (χ4n) is 3.70. The average molecular weight is 402 g/mol. The van der Waals surface area contributed by atoms with E-state index in [2.05, 4.69) is 10.4 Å². The molecule has 2 amide bonds. The van der Waals surface area contributed by atoms with Crippen LogP contribution >= 0.6 is 0 Å². The third-order valence-electron chi connectivity index (χ3n) is 5.19. The Morgan fingerprint density at radius 3 is 2.50 bits per heavy atom. The Kier molecular flexibility index (Phi) is 5.18. The van der Waals surface area contributed by atoms with Gasteiger partial charge in [0.1, 0.15) is 11.7 Å². The molecule has 2 heterocycles. The molecule has 0 spiro atoms. The van der Waals surface area contributed by atoms with Crippen LogP contribution in [0.1, 0.15) is 25.5 Å². The number of hydrogen-bond acceptors (Lipinski definition) is 4. The number of fused-ring (bicyclic) bond motifs is 1. The predicted octanol–water partition coefficient (Wildman–Crippen LogP) is 3.02. The predicted molar refractivity (Wildman–Crippen MR) is 115 cm³/mol. The molecule has 3 aromatic rings. The normalized spacial score (nSPS) is 13.6. The van der Waals surface area contributed by atoms with E-state index in [-0.39, 0.29) is 17.5 Å². The molecule has 152 valence electrons. The lowest BCUT2D eigenvalue weighted by atomic mass is 10.1. The number of nitrogens with one attached hydrogen (secondary N) is 1. The van der Waals surface area contributed by atoms with Gasteiger partial charge >= 0.3 is 0 Å². The van der Waals surface area contributed by atoms with Gasteiger partial charge in [0.15, 0.2) is 0 Å². The molecule has 0 saturated heterocycles. The molecule has 1 N–H and O–H groups in total. The molecule has 1 aromatic heterocycles. The highest BCUT2D eigenvalue weighted by molar-refractivity contribution is 5.98. The minimum atomic E-state index is -0.833. The smallest absolute Gasteiger partial charge is 0.291 e. The Bertz CT molecular complexity index is 1170. The average Bonchev–Trinajstić information content (AvgIpc) is 3.18. The zero-order valence-electron chi connectivity index (χ0n) is 16.8. The second-order valence-corrected chi connectivity index (χ2v) is 7.28. The number of benzene rings is 2. The maximum Gasteiger partial charge on any atom is 0.291 e. The molecule has 0 bridgehead atoms. The van der Waals surface area contributed by atoms with Crippen LogP contribution in [0.2, 0.25) is 0 Å². The number of carbonyl (C=O) groups excluding carboxylic acids is 2. The van der Waals surface area contributed by atoms with Crippen molar-refractivity contribution in [3.05, 3.63) is 76.6 Å². The summed E-state index contributed by atoms with van der Waals surface area (Å²) in [6.07, 6.45) is 0.776. The van der Waals surface area contributed by atoms with E-state index in [1.165, 1.54) is 13.0 Å². The first-order valence-corrected chi connectivity index (χ1v) is 9.82. The van der Waals surface area contributed by atoms with Gasteiger partial charge in [-0.1, -0.05) is 48.5 Å². The van der Waals surface area contributed by atoms with E-state index in [9.17, 15) is 14.4 Å². The number of carbonyl (C=O) groups is 2. The molecule has 0 radical (unpaired) electrons. The number of aromatic nitrogens is 2. The van der Waals surface area contributed by atoms with Crippen LogP contribution in [-0.2, 0) is 16.0 Å². The SMILES string of the molecule is CC(=O)Nc1cc(-c2ccccc2)nn([C@@H](C)C(=O)N2CCc3ccccc32)c1=O. The lowest BCUT2D eigenvalue weighted by Gasteiger charge is -2.23. The topological polar surface area (TPSA) is 84.3 Å². The zero-order valence-corrected chi connectivity index (χ0v) is 16.8. The molecule has 0 saturated carbocycles. The largest absolute Gasteiger partial charge is 0.322 e. The molecule has 1 aliphatic heterocycles. The van der Waals surface area contributed by atoms with Crippen LogP contribution in [-0.4, -0.2) is 28.1 Å². The highest BCUT2D eigenvalue weighted by Gasteiger charge is 2.30. The number of amides is 2. The van der Waals surface area contributed by atoms with Crippen LogP contribution in [0.3, 0.4) is 0 Å². The molecular formula is C23H22N4O3. The van der Waals surface area contributed by atoms with Gasteiger partial charge in [0.05, 0.1) is 5.69 Å². The summed E-state index contributed by atoms with van der Waals surface area (Å²) in [5.74, 6) is -0.579. The third kappa shape index (κ3) is 3.61. The lowest BCUT2D eigenvalue weighted by Crippen LogP contribution is -2.40. The first-order chi connectivity index (χ1) is 14.5. The van der Waals surface area contributed by atoms with Crippen LogP contribution in [0, 0.1) is 0 Å². The van der Waals surface area contributed by atoms with Crippen molar-refractivity contribution in [2.75, 3.05) is 16.8 Å². The second-order valence-electron chi connectivity index (χ2n) is 7.28. The third-order valence-corrected chi connectivity index (χ3v) is 5.19. The Morgan fingerprint density at radius 1 is 1.07 bits per heavy atom. The highest BCUT2D eigenvalue weighted by Crippen LogP contribution is 2.29. The van der Waals surface area contributed by atoms with Crippen molar-refractivity contribution in [2.45, 2.75) is 26.3 Å². The van der Waals surface area contributed by atoms with Gasteiger partial charge in [0.2, 0.25) is 5.91 Å². The van der Waals surface area contributed by atoms with Gasteiger partial charge in [-0.2, -0.15) is 5.10 Å². The van der Waals surface area contributed by atoms with Crippen LogP contribution in [0.15, 0.2) is 65.5 Å². The number of nitrogens with zero attached hydrogens (tertiary/aromatic N) is 3. The maximum atomic E-state index is 13.3. The molecule has 2 aromatic carbocycles. The Hall–Kier alpha value is -3.74.